The van der Waals surface area contributed by atoms with Crippen LogP contribution in [-0.2, 0) is 11.3 Å². The zero-order valence-corrected chi connectivity index (χ0v) is 11.1. The molecule has 1 N–H and O–H groups in total. The molecule has 0 spiro atoms. The second-order valence-electron chi connectivity index (χ2n) is 4.60. The van der Waals surface area contributed by atoms with E-state index in [4.69, 9.17) is 4.74 Å². The number of nitro groups is 1. The highest BCUT2D eigenvalue weighted by Gasteiger charge is 2.15. The van der Waals surface area contributed by atoms with Crippen molar-refractivity contribution < 1.29 is 9.66 Å². The largest absolute Gasteiger partial charge is 0.383 e. The number of hydrogen-bond acceptors (Lipinski definition) is 5. The summed E-state index contributed by atoms with van der Waals surface area (Å²) in [6, 6.07) is 5.35. The van der Waals surface area contributed by atoms with E-state index in [0.717, 1.165) is 44.8 Å². The smallest absolute Gasteiger partial charge is 0.292 e. The molecular weight excluding hydrogens is 246 g/mol. The molecule has 1 aliphatic rings. The van der Waals surface area contributed by atoms with Gasteiger partial charge in [-0.25, -0.2) is 0 Å². The van der Waals surface area contributed by atoms with Gasteiger partial charge >= 0.3 is 0 Å². The zero-order chi connectivity index (χ0) is 13.7. The molecule has 2 rings (SSSR count). The van der Waals surface area contributed by atoms with Crippen LogP contribution in [0.15, 0.2) is 18.2 Å². The van der Waals surface area contributed by atoms with Gasteiger partial charge in [-0.2, -0.15) is 0 Å². The zero-order valence-electron chi connectivity index (χ0n) is 11.1. The Labute approximate surface area is 112 Å². The summed E-state index contributed by atoms with van der Waals surface area (Å²) in [6.45, 7) is 4.11. The van der Waals surface area contributed by atoms with Crippen molar-refractivity contribution >= 4 is 11.4 Å². The molecule has 0 unspecified atom stereocenters. The Kier molecular flexibility index (Phi) is 4.70. The summed E-state index contributed by atoms with van der Waals surface area (Å²) in [5.41, 5.74) is 1.65. The lowest BCUT2D eigenvalue weighted by Crippen LogP contribution is -2.25. The molecular formula is C13H19N3O3. The number of ether oxygens (including phenoxy) is 1. The summed E-state index contributed by atoms with van der Waals surface area (Å²) in [6.07, 6.45) is 1.01. The fourth-order valence-corrected chi connectivity index (χ4v) is 2.25. The molecule has 1 fully saturated rings. The summed E-state index contributed by atoms with van der Waals surface area (Å²) < 4.78 is 5.40. The Morgan fingerprint density at radius 2 is 2.26 bits per heavy atom. The highest BCUT2D eigenvalue weighted by Crippen LogP contribution is 2.25. The van der Waals surface area contributed by atoms with Gasteiger partial charge in [0.15, 0.2) is 0 Å². The van der Waals surface area contributed by atoms with Gasteiger partial charge in [-0.1, -0.05) is 6.07 Å². The molecule has 0 saturated carbocycles. The first-order valence-corrected chi connectivity index (χ1v) is 6.46. The molecule has 6 nitrogen and oxygen atoms in total. The van der Waals surface area contributed by atoms with Crippen LogP contribution in [0.3, 0.4) is 0 Å². The van der Waals surface area contributed by atoms with Crippen LogP contribution in [0.1, 0.15) is 12.0 Å². The van der Waals surface area contributed by atoms with Gasteiger partial charge in [0.25, 0.3) is 5.69 Å². The average molecular weight is 265 g/mol. The van der Waals surface area contributed by atoms with Crippen molar-refractivity contribution in [1.82, 2.24) is 4.90 Å². The SMILES string of the molecule is CNc1ccc(CN2CCCOCC2)cc1[N+](=O)[O-]. The van der Waals surface area contributed by atoms with Gasteiger partial charge in [0.05, 0.1) is 11.5 Å². The molecule has 1 aromatic rings. The second kappa shape index (κ2) is 6.49. The van der Waals surface area contributed by atoms with E-state index < -0.39 is 0 Å². The number of nitrogens with zero attached hydrogens (tertiary/aromatic N) is 2. The third kappa shape index (κ3) is 3.65. The molecule has 1 saturated heterocycles. The first-order chi connectivity index (χ1) is 9.20. The van der Waals surface area contributed by atoms with E-state index in [2.05, 4.69) is 10.2 Å². The maximum atomic E-state index is 11.0. The minimum atomic E-state index is -0.346. The first kappa shape index (κ1) is 13.8. The standard InChI is InChI=1S/C13H19N3O3/c1-14-12-4-3-11(9-13(12)16(17)18)10-15-5-2-7-19-8-6-15/h3-4,9,14H,2,5-8,10H2,1H3. The second-order valence-corrected chi connectivity index (χ2v) is 4.60. The predicted octanol–water partition coefficient (Wildman–Crippen LogP) is 1.86. The number of benzene rings is 1. The Balaban J connectivity index is 2.11. The molecule has 0 radical (unpaired) electrons. The van der Waals surface area contributed by atoms with Gasteiger partial charge in [0.2, 0.25) is 0 Å². The van der Waals surface area contributed by atoms with E-state index in [0.29, 0.717) is 5.69 Å². The maximum absolute atomic E-state index is 11.0. The van der Waals surface area contributed by atoms with Crippen LogP contribution in [0.2, 0.25) is 0 Å². The molecule has 0 aromatic heterocycles. The number of anilines is 1. The maximum Gasteiger partial charge on any atom is 0.292 e. The fourth-order valence-electron chi connectivity index (χ4n) is 2.25. The Morgan fingerprint density at radius 3 is 3.00 bits per heavy atom. The molecule has 1 aromatic carbocycles. The summed E-state index contributed by atoms with van der Waals surface area (Å²) in [7, 11) is 1.69. The van der Waals surface area contributed by atoms with E-state index in [1.54, 1.807) is 19.2 Å². The van der Waals surface area contributed by atoms with Crippen LogP contribution in [0.4, 0.5) is 11.4 Å². The van der Waals surface area contributed by atoms with Crippen LogP contribution < -0.4 is 5.32 Å². The van der Waals surface area contributed by atoms with Crippen molar-refractivity contribution in [3.8, 4) is 0 Å². The van der Waals surface area contributed by atoms with Gasteiger partial charge in [-0.05, 0) is 18.1 Å². The normalized spacial score (nSPS) is 16.9. The van der Waals surface area contributed by atoms with Crippen molar-refractivity contribution in [2.75, 3.05) is 38.7 Å². The lowest BCUT2D eigenvalue weighted by molar-refractivity contribution is -0.384. The number of rotatable bonds is 4. The summed E-state index contributed by atoms with van der Waals surface area (Å²) >= 11 is 0. The van der Waals surface area contributed by atoms with Crippen LogP contribution >= 0.6 is 0 Å². The minimum absolute atomic E-state index is 0.131. The third-order valence-corrected chi connectivity index (χ3v) is 3.25. The summed E-state index contributed by atoms with van der Waals surface area (Å²) in [5, 5.41) is 13.9. The Hall–Kier alpha value is -1.66. The van der Waals surface area contributed by atoms with Crippen LogP contribution in [0, 0.1) is 10.1 Å². The molecule has 104 valence electrons. The van der Waals surface area contributed by atoms with Gasteiger partial charge in [-0.15, -0.1) is 0 Å². The van der Waals surface area contributed by atoms with Crippen LogP contribution in [0.25, 0.3) is 0 Å². The average Bonchev–Trinajstić information content (AvgIpc) is 2.67. The van der Waals surface area contributed by atoms with Crippen molar-refractivity contribution in [3.05, 3.63) is 33.9 Å². The third-order valence-electron chi connectivity index (χ3n) is 3.25. The lowest BCUT2D eigenvalue weighted by atomic mass is 10.1. The highest BCUT2D eigenvalue weighted by atomic mass is 16.6. The van der Waals surface area contributed by atoms with Gasteiger partial charge in [-0.3, -0.25) is 15.0 Å². The van der Waals surface area contributed by atoms with Crippen LogP contribution in [-0.4, -0.2) is 43.2 Å². The molecule has 1 aliphatic heterocycles. The monoisotopic (exact) mass is 265 g/mol. The number of hydrogen-bond donors (Lipinski definition) is 1. The summed E-state index contributed by atoms with van der Waals surface area (Å²) in [5.74, 6) is 0. The molecule has 19 heavy (non-hydrogen) atoms. The summed E-state index contributed by atoms with van der Waals surface area (Å²) in [4.78, 5) is 12.9. The molecule has 6 heteroatoms. The lowest BCUT2D eigenvalue weighted by Gasteiger charge is -2.19. The molecule has 1 heterocycles. The highest BCUT2D eigenvalue weighted by molar-refractivity contribution is 5.62. The van der Waals surface area contributed by atoms with Crippen molar-refractivity contribution in [2.45, 2.75) is 13.0 Å². The quantitative estimate of drug-likeness (QED) is 0.665. The van der Waals surface area contributed by atoms with Gasteiger partial charge < -0.3 is 10.1 Å². The van der Waals surface area contributed by atoms with E-state index in [1.165, 1.54) is 0 Å². The van der Waals surface area contributed by atoms with E-state index in [1.807, 2.05) is 6.07 Å². The van der Waals surface area contributed by atoms with E-state index in [-0.39, 0.29) is 10.6 Å². The molecule has 0 aliphatic carbocycles. The van der Waals surface area contributed by atoms with Crippen molar-refractivity contribution in [1.29, 1.82) is 0 Å². The van der Waals surface area contributed by atoms with Crippen LogP contribution in [0.5, 0.6) is 0 Å². The van der Waals surface area contributed by atoms with Crippen molar-refractivity contribution in [3.63, 3.8) is 0 Å². The van der Waals surface area contributed by atoms with Crippen molar-refractivity contribution in [2.24, 2.45) is 0 Å². The number of nitro benzene ring substituents is 1. The van der Waals surface area contributed by atoms with E-state index in [9.17, 15) is 10.1 Å². The first-order valence-electron chi connectivity index (χ1n) is 6.46. The van der Waals surface area contributed by atoms with Gasteiger partial charge in [0.1, 0.15) is 5.69 Å². The topological polar surface area (TPSA) is 67.6 Å². The predicted molar refractivity (Wildman–Crippen MR) is 73.4 cm³/mol. The molecule has 0 atom stereocenters. The molecule has 0 bridgehead atoms. The Bertz CT molecular complexity index is 443. The molecule has 0 amide bonds. The fraction of sp³-hybridized carbons (Fsp3) is 0.538. The Morgan fingerprint density at radius 1 is 1.42 bits per heavy atom. The van der Waals surface area contributed by atoms with E-state index >= 15 is 0 Å². The van der Waals surface area contributed by atoms with Gasteiger partial charge in [0, 0.05) is 39.4 Å². The minimum Gasteiger partial charge on any atom is -0.383 e. The number of nitrogens with one attached hydrogen (secondary N) is 1.